The molecule has 0 spiro atoms. The van der Waals surface area contributed by atoms with Crippen molar-refractivity contribution in [1.82, 2.24) is 4.98 Å². The monoisotopic (exact) mass is 368 g/mol. The van der Waals surface area contributed by atoms with Crippen molar-refractivity contribution >= 4 is 34.3 Å². The maximum atomic E-state index is 12.6. The van der Waals surface area contributed by atoms with Crippen LogP contribution >= 0.6 is 11.8 Å². The molecule has 5 nitrogen and oxygen atoms in total. The zero-order valence-corrected chi connectivity index (χ0v) is 15.7. The first-order chi connectivity index (χ1) is 12.6. The number of rotatable bonds is 6. The van der Waals surface area contributed by atoms with Gasteiger partial charge in [0, 0.05) is 11.5 Å². The van der Waals surface area contributed by atoms with Gasteiger partial charge in [-0.05, 0) is 31.2 Å². The van der Waals surface area contributed by atoms with E-state index in [1.165, 1.54) is 11.8 Å². The van der Waals surface area contributed by atoms with E-state index >= 15 is 0 Å². The molecule has 1 N–H and O–H groups in total. The molecule has 1 aromatic heterocycles. The summed E-state index contributed by atoms with van der Waals surface area (Å²) in [6.45, 7) is 1.85. The third-order valence-electron chi connectivity index (χ3n) is 3.91. The number of carbonyl (C=O) groups excluding carboxylic acids is 1. The highest BCUT2D eigenvalue weighted by molar-refractivity contribution is 8.00. The van der Waals surface area contributed by atoms with Crippen molar-refractivity contribution in [2.24, 2.45) is 0 Å². The minimum Gasteiger partial charge on any atom is -0.497 e. The summed E-state index contributed by atoms with van der Waals surface area (Å²) in [6.07, 6.45) is 0. The number of aromatic nitrogens is 1. The molecular formula is C20H20N2O3S. The molecule has 0 saturated heterocycles. The molecule has 134 valence electrons. The molecule has 0 aliphatic heterocycles. The zero-order valence-electron chi connectivity index (χ0n) is 14.9. The summed E-state index contributed by atoms with van der Waals surface area (Å²) in [7, 11) is 3.14. The van der Waals surface area contributed by atoms with Crippen LogP contribution in [0.4, 0.5) is 5.69 Å². The normalized spacial score (nSPS) is 11.8. The molecule has 3 aromatic rings. The number of amides is 1. The first-order valence-electron chi connectivity index (χ1n) is 8.16. The molecule has 0 radical (unpaired) electrons. The first-order valence-corrected chi connectivity index (χ1v) is 9.04. The topological polar surface area (TPSA) is 60.5 Å². The lowest BCUT2D eigenvalue weighted by Gasteiger charge is -2.15. The smallest absolute Gasteiger partial charge is 0.237 e. The molecule has 2 aromatic carbocycles. The average Bonchev–Trinajstić information content (AvgIpc) is 2.68. The van der Waals surface area contributed by atoms with Crippen LogP contribution in [0, 0.1) is 0 Å². The Bertz CT molecular complexity index is 930. The quantitative estimate of drug-likeness (QED) is 0.655. The van der Waals surface area contributed by atoms with Gasteiger partial charge in [-0.2, -0.15) is 0 Å². The third-order valence-corrected chi connectivity index (χ3v) is 4.94. The van der Waals surface area contributed by atoms with Gasteiger partial charge in [0.15, 0.2) is 0 Å². The van der Waals surface area contributed by atoms with E-state index in [2.05, 4.69) is 10.3 Å². The van der Waals surface area contributed by atoms with Crippen LogP contribution in [0.1, 0.15) is 6.92 Å². The summed E-state index contributed by atoms with van der Waals surface area (Å²) in [4.78, 5) is 17.2. The van der Waals surface area contributed by atoms with Crippen LogP contribution in [-0.4, -0.2) is 30.4 Å². The van der Waals surface area contributed by atoms with Gasteiger partial charge in [0.1, 0.15) is 11.5 Å². The summed E-state index contributed by atoms with van der Waals surface area (Å²) >= 11 is 1.42. The van der Waals surface area contributed by atoms with Gasteiger partial charge in [-0.25, -0.2) is 4.98 Å². The Labute approximate surface area is 156 Å². The van der Waals surface area contributed by atoms with E-state index in [9.17, 15) is 4.79 Å². The Hall–Kier alpha value is -2.73. The highest BCUT2D eigenvalue weighted by Crippen LogP contribution is 2.30. The summed E-state index contributed by atoms with van der Waals surface area (Å²) in [6, 6.07) is 17.1. The number of nitrogens with one attached hydrogen (secondary N) is 1. The zero-order chi connectivity index (χ0) is 18.5. The van der Waals surface area contributed by atoms with E-state index in [0.717, 1.165) is 15.9 Å². The summed E-state index contributed by atoms with van der Waals surface area (Å²) in [5.41, 5.74) is 1.53. The molecule has 26 heavy (non-hydrogen) atoms. The second-order valence-corrected chi connectivity index (χ2v) is 7.02. The molecule has 1 atom stereocenters. The second kappa shape index (κ2) is 8.10. The molecule has 0 bridgehead atoms. The molecule has 0 saturated carbocycles. The van der Waals surface area contributed by atoms with E-state index in [1.54, 1.807) is 32.4 Å². The number of ether oxygens (including phenoxy) is 2. The molecule has 0 fully saturated rings. The van der Waals surface area contributed by atoms with Crippen molar-refractivity contribution < 1.29 is 14.3 Å². The van der Waals surface area contributed by atoms with Crippen molar-refractivity contribution in [3.05, 3.63) is 54.6 Å². The molecule has 1 amide bonds. The van der Waals surface area contributed by atoms with Crippen LogP contribution in [0.3, 0.4) is 0 Å². The number of methoxy groups -OCH3 is 2. The lowest BCUT2D eigenvalue weighted by molar-refractivity contribution is -0.115. The standard InChI is InChI=1S/C20H20N2O3S/c1-13(26-19-11-8-14-6-4-5-7-16(14)21-19)20(23)22-17-10-9-15(24-2)12-18(17)25-3/h4-13H,1-3H3,(H,22,23)/t13-/m0/s1. The lowest BCUT2D eigenvalue weighted by atomic mass is 10.2. The molecule has 0 aliphatic carbocycles. The Morgan fingerprint density at radius 1 is 1.08 bits per heavy atom. The molecule has 3 rings (SSSR count). The number of pyridine rings is 1. The molecule has 1 heterocycles. The van der Waals surface area contributed by atoms with Crippen LogP contribution in [-0.2, 0) is 4.79 Å². The maximum absolute atomic E-state index is 12.6. The minimum atomic E-state index is -0.310. The average molecular weight is 368 g/mol. The summed E-state index contributed by atoms with van der Waals surface area (Å²) < 4.78 is 10.5. The van der Waals surface area contributed by atoms with Crippen LogP contribution < -0.4 is 14.8 Å². The van der Waals surface area contributed by atoms with Gasteiger partial charge in [-0.3, -0.25) is 4.79 Å². The Kier molecular flexibility index (Phi) is 5.63. The van der Waals surface area contributed by atoms with Crippen molar-refractivity contribution in [2.45, 2.75) is 17.2 Å². The van der Waals surface area contributed by atoms with Crippen LogP contribution in [0.5, 0.6) is 11.5 Å². The van der Waals surface area contributed by atoms with Gasteiger partial charge in [-0.15, -0.1) is 0 Å². The van der Waals surface area contributed by atoms with E-state index in [-0.39, 0.29) is 11.2 Å². The largest absolute Gasteiger partial charge is 0.497 e. The maximum Gasteiger partial charge on any atom is 0.237 e. The number of hydrogen-bond acceptors (Lipinski definition) is 5. The van der Waals surface area contributed by atoms with Crippen molar-refractivity contribution in [1.29, 1.82) is 0 Å². The number of benzene rings is 2. The highest BCUT2D eigenvalue weighted by atomic mass is 32.2. The van der Waals surface area contributed by atoms with Crippen LogP contribution in [0.25, 0.3) is 10.9 Å². The molecule has 0 aliphatic rings. The number of carbonyl (C=O) groups is 1. The van der Waals surface area contributed by atoms with Crippen molar-refractivity contribution in [2.75, 3.05) is 19.5 Å². The third kappa shape index (κ3) is 4.08. The number of anilines is 1. The second-order valence-electron chi connectivity index (χ2n) is 5.66. The lowest BCUT2D eigenvalue weighted by Crippen LogP contribution is -2.22. The van der Waals surface area contributed by atoms with Crippen molar-refractivity contribution in [3.63, 3.8) is 0 Å². The molecular weight excluding hydrogens is 348 g/mol. The van der Waals surface area contributed by atoms with Gasteiger partial charge in [0.25, 0.3) is 0 Å². The van der Waals surface area contributed by atoms with Crippen LogP contribution in [0.15, 0.2) is 59.6 Å². The van der Waals surface area contributed by atoms with E-state index < -0.39 is 0 Å². The van der Waals surface area contributed by atoms with Crippen LogP contribution in [0.2, 0.25) is 0 Å². The van der Waals surface area contributed by atoms with Gasteiger partial charge in [0.05, 0.1) is 35.7 Å². The summed E-state index contributed by atoms with van der Waals surface area (Å²) in [5, 5.41) is 4.49. The number of fused-ring (bicyclic) bond motifs is 1. The Morgan fingerprint density at radius 3 is 2.65 bits per heavy atom. The first kappa shape index (κ1) is 18.1. The number of para-hydroxylation sites is 1. The van der Waals surface area contributed by atoms with Crippen molar-refractivity contribution in [3.8, 4) is 11.5 Å². The van der Waals surface area contributed by atoms with E-state index in [1.807, 2.05) is 43.3 Å². The number of nitrogens with zero attached hydrogens (tertiary/aromatic N) is 1. The molecule has 0 unspecified atom stereocenters. The highest BCUT2D eigenvalue weighted by Gasteiger charge is 2.17. The van der Waals surface area contributed by atoms with E-state index in [4.69, 9.17) is 9.47 Å². The van der Waals surface area contributed by atoms with Gasteiger partial charge < -0.3 is 14.8 Å². The summed E-state index contributed by atoms with van der Waals surface area (Å²) in [5.74, 6) is 1.11. The SMILES string of the molecule is COc1ccc(NC(=O)[C@H](C)Sc2ccc3ccccc3n2)c(OC)c1. The minimum absolute atomic E-state index is 0.117. The Morgan fingerprint density at radius 2 is 1.88 bits per heavy atom. The predicted molar refractivity (Wildman–Crippen MR) is 105 cm³/mol. The Balaban J connectivity index is 1.71. The number of hydrogen-bond donors (Lipinski definition) is 1. The van der Waals surface area contributed by atoms with E-state index in [0.29, 0.717) is 17.2 Å². The predicted octanol–water partition coefficient (Wildman–Crippen LogP) is 4.37. The fraction of sp³-hybridized carbons (Fsp3) is 0.200. The fourth-order valence-corrected chi connectivity index (χ4v) is 3.31. The fourth-order valence-electron chi connectivity index (χ4n) is 2.48. The number of thioether (sulfide) groups is 1. The van der Waals surface area contributed by atoms with Gasteiger partial charge in [0.2, 0.25) is 5.91 Å². The van der Waals surface area contributed by atoms with Gasteiger partial charge in [-0.1, -0.05) is 36.0 Å². The van der Waals surface area contributed by atoms with Gasteiger partial charge >= 0.3 is 0 Å². The molecule has 6 heteroatoms.